The van der Waals surface area contributed by atoms with Gasteiger partial charge in [-0.2, -0.15) is 0 Å². The van der Waals surface area contributed by atoms with Crippen LogP contribution < -0.4 is 4.74 Å². The predicted octanol–water partition coefficient (Wildman–Crippen LogP) is 1.45. The van der Waals surface area contributed by atoms with Crippen LogP contribution >= 0.6 is 11.8 Å². The molecule has 0 N–H and O–H groups in total. The quantitative estimate of drug-likeness (QED) is 0.751. The van der Waals surface area contributed by atoms with E-state index in [9.17, 15) is 4.79 Å². The normalized spacial score (nSPS) is 15.4. The fraction of sp³-hybridized carbons (Fsp3) is 0.471. The minimum Gasteiger partial charge on any atom is -0.497 e. The molecule has 3 rings (SSSR count). The van der Waals surface area contributed by atoms with Crippen molar-refractivity contribution in [3.63, 3.8) is 0 Å². The Kier molecular flexibility index (Phi) is 5.60. The molecule has 1 aliphatic rings. The van der Waals surface area contributed by atoms with E-state index in [4.69, 9.17) is 4.74 Å². The highest BCUT2D eigenvalue weighted by atomic mass is 32.2. The molecule has 1 amide bonds. The standard InChI is InChI=1S/C17H23N5O2S/c1-13-18-19-17(22(13)14-4-6-15(24-3)7-5-14)25-12-16(23)21-10-8-20(2)9-11-21/h4-7H,8-12H2,1-3H3. The summed E-state index contributed by atoms with van der Waals surface area (Å²) in [6, 6.07) is 7.72. The fourth-order valence-electron chi connectivity index (χ4n) is 2.74. The number of carbonyl (C=O) groups is 1. The maximum Gasteiger partial charge on any atom is 0.233 e. The Morgan fingerprint density at radius 3 is 2.48 bits per heavy atom. The predicted molar refractivity (Wildman–Crippen MR) is 97.4 cm³/mol. The minimum atomic E-state index is 0.153. The van der Waals surface area contributed by atoms with Gasteiger partial charge in [0, 0.05) is 31.9 Å². The number of likely N-dealkylation sites (N-methyl/N-ethyl adjacent to an activating group) is 1. The van der Waals surface area contributed by atoms with E-state index in [0.717, 1.165) is 48.6 Å². The molecule has 8 heteroatoms. The van der Waals surface area contributed by atoms with Crippen LogP contribution in [0.25, 0.3) is 5.69 Å². The first-order valence-electron chi connectivity index (χ1n) is 8.24. The highest BCUT2D eigenvalue weighted by molar-refractivity contribution is 7.99. The van der Waals surface area contributed by atoms with E-state index >= 15 is 0 Å². The maximum atomic E-state index is 12.4. The molecule has 0 aliphatic carbocycles. The lowest BCUT2D eigenvalue weighted by Gasteiger charge is -2.32. The third kappa shape index (κ3) is 4.13. The fourth-order valence-corrected chi connectivity index (χ4v) is 3.64. The number of amides is 1. The molecular formula is C17H23N5O2S. The monoisotopic (exact) mass is 361 g/mol. The second-order valence-corrected chi connectivity index (χ2v) is 6.98. The topological polar surface area (TPSA) is 63.5 Å². The van der Waals surface area contributed by atoms with Gasteiger partial charge < -0.3 is 14.5 Å². The molecule has 1 aromatic heterocycles. The van der Waals surface area contributed by atoms with Crippen LogP contribution in [-0.4, -0.2) is 76.6 Å². The molecule has 0 atom stereocenters. The van der Waals surface area contributed by atoms with Crippen LogP contribution in [0.1, 0.15) is 5.82 Å². The van der Waals surface area contributed by atoms with Gasteiger partial charge in [-0.3, -0.25) is 9.36 Å². The van der Waals surface area contributed by atoms with E-state index in [-0.39, 0.29) is 5.91 Å². The number of rotatable bonds is 5. The van der Waals surface area contributed by atoms with Crippen molar-refractivity contribution in [3.8, 4) is 11.4 Å². The van der Waals surface area contributed by atoms with Gasteiger partial charge in [0.25, 0.3) is 0 Å². The summed E-state index contributed by atoms with van der Waals surface area (Å²) in [6.07, 6.45) is 0. The second kappa shape index (κ2) is 7.88. The lowest BCUT2D eigenvalue weighted by Crippen LogP contribution is -2.47. The van der Waals surface area contributed by atoms with Crippen LogP contribution in [0.2, 0.25) is 0 Å². The third-order valence-electron chi connectivity index (χ3n) is 4.31. The highest BCUT2D eigenvalue weighted by Crippen LogP contribution is 2.23. The Bertz CT molecular complexity index is 723. The van der Waals surface area contributed by atoms with Crippen LogP contribution in [0, 0.1) is 6.92 Å². The van der Waals surface area contributed by atoms with Crippen molar-refractivity contribution in [2.45, 2.75) is 12.1 Å². The first kappa shape index (κ1) is 17.8. The van der Waals surface area contributed by atoms with Gasteiger partial charge in [-0.25, -0.2) is 0 Å². The third-order valence-corrected chi connectivity index (χ3v) is 5.22. The largest absolute Gasteiger partial charge is 0.497 e. The van der Waals surface area contributed by atoms with Gasteiger partial charge in [-0.1, -0.05) is 11.8 Å². The van der Waals surface area contributed by atoms with Crippen LogP contribution in [-0.2, 0) is 4.79 Å². The van der Waals surface area contributed by atoms with E-state index < -0.39 is 0 Å². The summed E-state index contributed by atoms with van der Waals surface area (Å²) in [6.45, 7) is 5.35. The number of methoxy groups -OCH3 is 1. The summed E-state index contributed by atoms with van der Waals surface area (Å²) >= 11 is 1.43. The van der Waals surface area contributed by atoms with E-state index in [1.54, 1.807) is 7.11 Å². The number of nitrogens with zero attached hydrogens (tertiary/aromatic N) is 5. The Labute approximate surface area is 152 Å². The SMILES string of the molecule is COc1ccc(-n2c(C)nnc2SCC(=O)N2CCN(C)CC2)cc1. The van der Waals surface area contributed by atoms with Crippen molar-refractivity contribution in [2.24, 2.45) is 0 Å². The van der Waals surface area contributed by atoms with Crippen molar-refractivity contribution in [3.05, 3.63) is 30.1 Å². The Balaban J connectivity index is 1.68. The molecule has 1 aliphatic heterocycles. The summed E-state index contributed by atoms with van der Waals surface area (Å²) < 4.78 is 7.16. The molecule has 0 spiro atoms. The van der Waals surface area contributed by atoms with Crippen molar-refractivity contribution >= 4 is 17.7 Å². The smallest absolute Gasteiger partial charge is 0.233 e. The Morgan fingerprint density at radius 1 is 1.16 bits per heavy atom. The zero-order chi connectivity index (χ0) is 17.8. The van der Waals surface area contributed by atoms with Crippen molar-refractivity contribution in [1.29, 1.82) is 0 Å². The summed E-state index contributed by atoms with van der Waals surface area (Å²) in [5.41, 5.74) is 0.956. The average molecular weight is 361 g/mol. The zero-order valence-corrected chi connectivity index (χ0v) is 15.6. The molecule has 0 bridgehead atoms. The summed E-state index contributed by atoms with van der Waals surface area (Å²) in [7, 11) is 3.72. The van der Waals surface area contributed by atoms with Gasteiger partial charge in [-0.15, -0.1) is 10.2 Å². The van der Waals surface area contributed by atoms with Gasteiger partial charge in [0.15, 0.2) is 5.16 Å². The zero-order valence-electron chi connectivity index (χ0n) is 14.8. The maximum absolute atomic E-state index is 12.4. The average Bonchev–Trinajstić information content (AvgIpc) is 3.01. The van der Waals surface area contributed by atoms with Gasteiger partial charge in [-0.05, 0) is 38.2 Å². The van der Waals surface area contributed by atoms with E-state index in [2.05, 4.69) is 22.1 Å². The highest BCUT2D eigenvalue weighted by Gasteiger charge is 2.20. The molecule has 0 saturated carbocycles. The Morgan fingerprint density at radius 2 is 1.84 bits per heavy atom. The first-order chi connectivity index (χ1) is 12.1. The summed E-state index contributed by atoms with van der Waals surface area (Å²) in [4.78, 5) is 16.6. The molecule has 25 heavy (non-hydrogen) atoms. The van der Waals surface area contributed by atoms with Crippen LogP contribution in [0.15, 0.2) is 29.4 Å². The van der Waals surface area contributed by atoms with Crippen LogP contribution in [0.3, 0.4) is 0 Å². The van der Waals surface area contributed by atoms with Gasteiger partial charge in [0.2, 0.25) is 5.91 Å². The van der Waals surface area contributed by atoms with Crippen molar-refractivity contribution in [1.82, 2.24) is 24.6 Å². The number of hydrogen-bond acceptors (Lipinski definition) is 6. The number of thioether (sulfide) groups is 1. The molecule has 1 fully saturated rings. The van der Waals surface area contributed by atoms with Crippen LogP contribution in [0.5, 0.6) is 5.75 Å². The number of hydrogen-bond donors (Lipinski definition) is 0. The van der Waals surface area contributed by atoms with Gasteiger partial charge in [0.1, 0.15) is 11.6 Å². The summed E-state index contributed by atoms with van der Waals surface area (Å²) in [5.74, 6) is 2.12. The molecule has 7 nitrogen and oxygen atoms in total. The number of carbonyl (C=O) groups excluding carboxylic acids is 1. The molecular weight excluding hydrogens is 338 g/mol. The second-order valence-electron chi connectivity index (χ2n) is 6.04. The molecule has 0 radical (unpaired) electrons. The number of piperazine rings is 1. The summed E-state index contributed by atoms with van der Waals surface area (Å²) in [5, 5.41) is 9.12. The minimum absolute atomic E-state index is 0.153. The van der Waals surface area contributed by atoms with Gasteiger partial charge >= 0.3 is 0 Å². The first-order valence-corrected chi connectivity index (χ1v) is 9.22. The molecule has 134 valence electrons. The van der Waals surface area contributed by atoms with Crippen LogP contribution in [0.4, 0.5) is 0 Å². The number of aromatic nitrogens is 3. The van der Waals surface area contributed by atoms with Crippen molar-refractivity contribution in [2.75, 3.05) is 46.1 Å². The van der Waals surface area contributed by atoms with Gasteiger partial charge in [0.05, 0.1) is 12.9 Å². The molecule has 2 heterocycles. The molecule has 2 aromatic rings. The number of ether oxygens (including phenoxy) is 1. The lowest BCUT2D eigenvalue weighted by molar-refractivity contribution is -0.129. The van der Waals surface area contributed by atoms with E-state index in [1.165, 1.54) is 11.8 Å². The van der Waals surface area contributed by atoms with E-state index in [0.29, 0.717) is 5.75 Å². The Hall–Kier alpha value is -2.06. The number of aryl methyl sites for hydroxylation is 1. The molecule has 0 unspecified atom stereocenters. The lowest BCUT2D eigenvalue weighted by atomic mass is 10.3. The number of benzene rings is 1. The van der Waals surface area contributed by atoms with Crippen molar-refractivity contribution < 1.29 is 9.53 Å². The molecule has 1 aromatic carbocycles. The molecule has 1 saturated heterocycles. The van der Waals surface area contributed by atoms with E-state index in [1.807, 2.05) is 40.7 Å².